The maximum absolute atomic E-state index is 13.6. The van der Waals surface area contributed by atoms with Gasteiger partial charge in [-0.15, -0.1) is 0 Å². The van der Waals surface area contributed by atoms with Crippen molar-refractivity contribution in [3.05, 3.63) is 40.7 Å². The highest BCUT2D eigenvalue weighted by Gasteiger charge is 2.47. The molecule has 0 bridgehead atoms. The molecule has 2 unspecified atom stereocenters. The molecule has 1 aliphatic heterocycles. The van der Waals surface area contributed by atoms with Gasteiger partial charge in [0.1, 0.15) is 11.9 Å². The molecule has 3 aliphatic rings. The zero-order chi connectivity index (χ0) is 24.6. The van der Waals surface area contributed by atoms with Crippen molar-refractivity contribution >= 4 is 11.8 Å². The van der Waals surface area contributed by atoms with Crippen LogP contribution < -0.4 is 19.5 Å². The minimum Gasteiger partial charge on any atom is -0.493 e. The van der Waals surface area contributed by atoms with Crippen LogP contribution in [0.25, 0.3) is 0 Å². The number of rotatable bonds is 6. The fraction of sp³-hybridized carbons (Fsp3) is 0.556. The Labute approximate surface area is 201 Å². The lowest BCUT2D eigenvalue weighted by Gasteiger charge is -2.41. The molecule has 4 rings (SSSR count). The number of carbonyl (C=O) groups excluding carboxylic acids is 2. The highest BCUT2D eigenvalue weighted by atomic mass is 16.5. The molecule has 2 atom stereocenters. The third kappa shape index (κ3) is 4.40. The normalized spacial score (nSPS) is 24.2. The molecule has 2 aliphatic carbocycles. The molecule has 0 aromatic heterocycles. The summed E-state index contributed by atoms with van der Waals surface area (Å²) in [6.07, 6.45) is 6.32. The number of fused-ring (bicyclic) bond motifs is 1. The monoisotopic (exact) mass is 469 g/mol. The number of esters is 1. The summed E-state index contributed by atoms with van der Waals surface area (Å²) in [6, 6.07) is 3.66. The zero-order valence-electron chi connectivity index (χ0n) is 20.9. The van der Waals surface area contributed by atoms with Crippen molar-refractivity contribution in [2.75, 3.05) is 21.3 Å². The number of nitrogens with one attached hydrogen (secondary N) is 1. The summed E-state index contributed by atoms with van der Waals surface area (Å²) < 4.78 is 22.6. The van der Waals surface area contributed by atoms with Crippen LogP contribution in [0, 0.1) is 11.3 Å². The second-order valence-corrected chi connectivity index (χ2v) is 10.1. The van der Waals surface area contributed by atoms with Gasteiger partial charge in [0.05, 0.1) is 32.8 Å². The smallest absolute Gasteiger partial charge is 0.336 e. The maximum Gasteiger partial charge on any atom is 0.336 e. The van der Waals surface area contributed by atoms with Gasteiger partial charge in [0.2, 0.25) is 5.75 Å². The Morgan fingerprint density at radius 1 is 1.00 bits per heavy atom. The van der Waals surface area contributed by atoms with Crippen LogP contribution >= 0.6 is 0 Å². The molecule has 0 radical (unpaired) electrons. The molecule has 1 aromatic carbocycles. The minimum atomic E-state index is -0.529. The van der Waals surface area contributed by atoms with E-state index in [0.717, 1.165) is 36.9 Å². The number of ketones is 1. The van der Waals surface area contributed by atoms with Crippen LogP contribution in [0.1, 0.15) is 64.4 Å². The summed E-state index contributed by atoms with van der Waals surface area (Å²) >= 11 is 0. The van der Waals surface area contributed by atoms with Crippen molar-refractivity contribution in [3.63, 3.8) is 0 Å². The lowest BCUT2D eigenvalue weighted by Crippen LogP contribution is -2.43. The minimum absolute atomic E-state index is 0.0775. The first-order valence-electron chi connectivity index (χ1n) is 11.9. The summed E-state index contributed by atoms with van der Waals surface area (Å²) in [5, 5.41) is 3.37. The van der Waals surface area contributed by atoms with Crippen molar-refractivity contribution in [2.45, 2.75) is 64.9 Å². The van der Waals surface area contributed by atoms with Gasteiger partial charge in [-0.05, 0) is 55.7 Å². The summed E-state index contributed by atoms with van der Waals surface area (Å²) in [4.78, 5) is 27.1. The molecule has 0 saturated heterocycles. The maximum atomic E-state index is 13.6. The van der Waals surface area contributed by atoms with E-state index in [2.05, 4.69) is 11.4 Å². The van der Waals surface area contributed by atoms with Gasteiger partial charge in [0, 0.05) is 23.7 Å². The summed E-state index contributed by atoms with van der Waals surface area (Å²) in [5.74, 6) is 0.0887. The van der Waals surface area contributed by atoms with E-state index in [1.807, 2.05) is 32.9 Å². The molecule has 1 aromatic rings. The second-order valence-electron chi connectivity index (χ2n) is 10.1. The second kappa shape index (κ2) is 9.35. The Morgan fingerprint density at radius 2 is 1.62 bits per heavy atom. The molecule has 1 N–H and O–H groups in total. The van der Waals surface area contributed by atoms with Crippen molar-refractivity contribution in [1.29, 1.82) is 0 Å². The molecule has 7 nitrogen and oxygen atoms in total. The van der Waals surface area contributed by atoms with Crippen LogP contribution in [0.4, 0.5) is 0 Å². The van der Waals surface area contributed by atoms with Gasteiger partial charge < -0.3 is 24.3 Å². The topological polar surface area (TPSA) is 83.1 Å². The first-order valence-corrected chi connectivity index (χ1v) is 11.9. The number of hydrogen-bond acceptors (Lipinski definition) is 7. The Balaban J connectivity index is 1.88. The molecular weight excluding hydrogens is 434 g/mol. The Kier molecular flexibility index (Phi) is 6.65. The van der Waals surface area contributed by atoms with Gasteiger partial charge in [-0.2, -0.15) is 0 Å². The van der Waals surface area contributed by atoms with Crippen LogP contribution in [0.15, 0.2) is 35.2 Å². The van der Waals surface area contributed by atoms with Crippen LogP contribution in [-0.4, -0.2) is 39.2 Å². The van der Waals surface area contributed by atoms with Crippen molar-refractivity contribution in [2.24, 2.45) is 11.3 Å². The number of allylic oxidation sites excluding steroid dienone is 3. The Morgan fingerprint density at radius 3 is 2.18 bits per heavy atom. The SMILES string of the molecule is COc1cc(C2C(C(=O)OC3CCCC3)=C(C)NC3=CC(C)(C)CC(=O)C32)cc(OC)c1OC. The van der Waals surface area contributed by atoms with E-state index in [-0.39, 0.29) is 23.3 Å². The van der Waals surface area contributed by atoms with Gasteiger partial charge in [-0.25, -0.2) is 4.79 Å². The highest BCUT2D eigenvalue weighted by Crippen LogP contribution is 2.50. The highest BCUT2D eigenvalue weighted by molar-refractivity contribution is 5.96. The first-order chi connectivity index (χ1) is 16.2. The summed E-state index contributed by atoms with van der Waals surface area (Å²) in [6.45, 7) is 5.97. The van der Waals surface area contributed by atoms with Gasteiger partial charge in [-0.1, -0.05) is 19.9 Å². The molecule has 7 heteroatoms. The fourth-order valence-electron chi connectivity index (χ4n) is 5.60. The van der Waals surface area contributed by atoms with E-state index in [9.17, 15) is 9.59 Å². The molecule has 1 saturated carbocycles. The lowest BCUT2D eigenvalue weighted by atomic mass is 9.66. The van der Waals surface area contributed by atoms with Crippen LogP contribution in [-0.2, 0) is 14.3 Å². The van der Waals surface area contributed by atoms with Gasteiger partial charge in [-0.3, -0.25) is 4.79 Å². The van der Waals surface area contributed by atoms with E-state index in [1.165, 1.54) is 0 Å². The molecular formula is C27H35NO6. The molecule has 0 spiro atoms. The summed E-state index contributed by atoms with van der Waals surface area (Å²) in [5.41, 5.74) is 2.50. The number of ether oxygens (including phenoxy) is 4. The van der Waals surface area contributed by atoms with Gasteiger partial charge in [0.25, 0.3) is 0 Å². The predicted octanol–water partition coefficient (Wildman–Crippen LogP) is 4.66. The van der Waals surface area contributed by atoms with Gasteiger partial charge >= 0.3 is 5.97 Å². The van der Waals surface area contributed by atoms with E-state index in [4.69, 9.17) is 18.9 Å². The Hall–Kier alpha value is -2.96. The average molecular weight is 470 g/mol. The number of methoxy groups -OCH3 is 3. The standard InChI is InChI=1S/C27H35NO6/c1-15-22(26(30)34-17-9-7-8-10-17)23(24-18(28-15)13-27(2,3)14-19(24)29)16-11-20(31-4)25(33-6)21(12-16)32-5/h11-13,17,23-24,28H,7-10,14H2,1-6H3. The third-order valence-electron chi connectivity index (χ3n) is 7.08. The number of hydrogen-bond donors (Lipinski definition) is 1. The molecule has 0 amide bonds. The van der Waals surface area contributed by atoms with Crippen LogP contribution in [0.5, 0.6) is 17.2 Å². The fourth-order valence-corrected chi connectivity index (χ4v) is 5.60. The lowest BCUT2D eigenvalue weighted by molar-refractivity contribution is -0.144. The quantitative estimate of drug-likeness (QED) is 0.607. The molecule has 1 fully saturated rings. The summed E-state index contributed by atoms with van der Waals surface area (Å²) in [7, 11) is 4.66. The van der Waals surface area contributed by atoms with Crippen molar-refractivity contribution in [1.82, 2.24) is 5.32 Å². The van der Waals surface area contributed by atoms with Crippen molar-refractivity contribution in [3.8, 4) is 17.2 Å². The third-order valence-corrected chi connectivity index (χ3v) is 7.08. The largest absolute Gasteiger partial charge is 0.493 e. The Bertz CT molecular complexity index is 1020. The van der Waals surface area contributed by atoms with Crippen molar-refractivity contribution < 1.29 is 28.5 Å². The molecule has 1 heterocycles. The molecule has 184 valence electrons. The number of Topliss-reactive ketones (excluding diaryl/α,β-unsaturated/α-hetero) is 1. The van der Waals surface area contributed by atoms with Gasteiger partial charge in [0.15, 0.2) is 11.5 Å². The van der Waals surface area contributed by atoms with E-state index in [1.54, 1.807) is 21.3 Å². The van der Waals surface area contributed by atoms with Crippen LogP contribution in [0.3, 0.4) is 0 Å². The number of benzene rings is 1. The van der Waals surface area contributed by atoms with Crippen LogP contribution in [0.2, 0.25) is 0 Å². The average Bonchev–Trinajstić information content (AvgIpc) is 3.28. The molecule has 34 heavy (non-hydrogen) atoms. The van der Waals surface area contributed by atoms with E-state index < -0.39 is 11.8 Å². The van der Waals surface area contributed by atoms with E-state index in [0.29, 0.717) is 34.9 Å². The number of carbonyl (C=O) groups is 2. The first kappa shape index (κ1) is 24.2. The predicted molar refractivity (Wildman–Crippen MR) is 128 cm³/mol. The zero-order valence-corrected chi connectivity index (χ0v) is 20.9. The van der Waals surface area contributed by atoms with E-state index >= 15 is 0 Å².